The van der Waals surface area contributed by atoms with Gasteiger partial charge >= 0.3 is 10.5 Å². The number of anilines is 2. The van der Waals surface area contributed by atoms with Gasteiger partial charge in [-0.25, -0.2) is 0 Å². The maximum Gasteiger partial charge on any atom is 0.488 e. The highest BCUT2D eigenvalue weighted by Gasteiger charge is 2.10. The van der Waals surface area contributed by atoms with Crippen LogP contribution in [0.15, 0.2) is 48.5 Å². The van der Waals surface area contributed by atoms with E-state index in [2.05, 4.69) is 38.7 Å². The lowest BCUT2D eigenvalue weighted by molar-refractivity contribution is 0.440. The molecule has 7 heteroatoms. The van der Waals surface area contributed by atoms with Crippen LogP contribution in [-0.2, 0) is 17.0 Å². The number of nitrogens with zero attached hydrogens (tertiary/aromatic N) is 1. The van der Waals surface area contributed by atoms with Crippen LogP contribution in [0, 0.1) is 0 Å². The number of hydrogen-bond acceptors (Lipinski definition) is 5. The molecular weight excluding hydrogens is 355 g/mol. The SMILES string of the molecule is O=S(=O)(F)Oc1ccc(CNc2ccc(N3CCCCCC3)cc2)cc1. The summed E-state index contributed by atoms with van der Waals surface area (Å²) in [5, 5.41) is 3.32. The molecule has 0 bridgehead atoms. The summed E-state index contributed by atoms with van der Waals surface area (Å²) in [7, 11) is -4.98. The van der Waals surface area contributed by atoms with Crippen molar-refractivity contribution >= 4 is 21.9 Å². The number of rotatable bonds is 6. The third-order valence-corrected chi connectivity index (χ3v) is 4.85. The molecule has 0 saturated carbocycles. The predicted octanol–water partition coefficient (Wildman–Crippen LogP) is 4.27. The molecule has 0 aromatic heterocycles. The van der Waals surface area contributed by atoms with Gasteiger partial charge in [-0.05, 0) is 54.8 Å². The Kier molecular flexibility index (Phi) is 5.98. The molecule has 1 aliphatic heterocycles. The second kappa shape index (κ2) is 8.40. The summed E-state index contributed by atoms with van der Waals surface area (Å²) >= 11 is 0. The van der Waals surface area contributed by atoms with Crippen molar-refractivity contribution < 1.29 is 16.5 Å². The average molecular weight is 378 g/mol. The van der Waals surface area contributed by atoms with Crippen LogP contribution in [0.4, 0.5) is 15.3 Å². The molecular formula is C19H23FN2O3S. The van der Waals surface area contributed by atoms with E-state index in [1.54, 1.807) is 12.1 Å². The van der Waals surface area contributed by atoms with Crippen LogP contribution in [0.5, 0.6) is 5.75 Å². The van der Waals surface area contributed by atoms with Gasteiger partial charge in [0.25, 0.3) is 0 Å². The molecule has 1 fully saturated rings. The summed E-state index contributed by atoms with van der Waals surface area (Å²) in [6.07, 6.45) is 5.14. The van der Waals surface area contributed by atoms with E-state index in [0.717, 1.165) is 24.3 Å². The molecule has 3 rings (SSSR count). The van der Waals surface area contributed by atoms with Crippen LogP contribution in [-0.4, -0.2) is 21.5 Å². The Balaban J connectivity index is 1.54. The van der Waals surface area contributed by atoms with Crippen molar-refractivity contribution in [2.45, 2.75) is 32.2 Å². The fourth-order valence-electron chi connectivity index (χ4n) is 3.10. The lowest BCUT2D eigenvalue weighted by Crippen LogP contribution is -2.23. The summed E-state index contributed by atoms with van der Waals surface area (Å²) in [6.45, 7) is 2.82. The van der Waals surface area contributed by atoms with Crippen molar-refractivity contribution in [2.75, 3.05) is 23.3 Å². The molecule has 1 saturated heterocycles. The summed E-state index contributed by atoms with van der Waals surface area (Å²) in [4.78, 5) is 2.44. The molecule has 1 N–H and O–H groups in total. The van der Waals surface area contributed by atoms with Crippen molar-refractivity contribution in [3.8, 4) is 5.75 Å². The van der Waals surface area contributed by atoms with Crippen LogP contribution < -0.4 is 14.4 Å². The Morgan fingerprint density at radius 3 is 2.12 bits per heavy atom. The van der Waals surface area contributed by atoms with Crippen LogP contribution in [0.25, 0.3) is 0 Å². The lowest BCUT2D eigenvalue weighted by atomic mass is 10.2. The van der Waals surface area contributed by atoms with Gasteiger partial charge in [-0.1, -0.05) is 28.9 Å². The van der Waals surface area contributed by atoms with Crippen LogP contribution in [0.2, 0.25) is 0 Å². The normalized spacial score (nSPS) is 15.3. The zero-order valence-electron chi connectivity index (χ0n) is 14.5. The molecule has 26 heavy (non-hydrogen) atoms. The molecule has 5 nitrogen and oxygen atoms in total. The lowest BCUT2D eigenvalue weighted by Gasteiger charge is -2.22. The molecule has 1 heterocycles. The summed E-state index contributed by atoms with van der Waals surface area (Å²) in [5.74, 6) is -0.0435. The van der Waals surface area contributed by atoms with Crippen molar-refractivity contribution in [3.05, 3.63) is 54.1 Å². The van der Waals surface area contributed by atoms with Gasteiger partial charge in [0.15, 0.2) is 0 Å². The van der Waals surface area contributed by atoms with Gasteiger partial charge < -0.3 is 14.4 Å². The zero-order valence-corrected chi connectivity index (χ0v) is 15.3. The third kappa shape index (κ3) is 5.62. The molecule has 0 spiro atoms. The van der Waals surface area contributed by atoms with Gasteiger partial charge in [-0.15, -0.1) is 0 Å². The number of nitrogens with one attached hydrogen (secondary N) is 1. The van der Waals surface area contributed by atoms with E-state index < -0.39 is 10.5 Å². The van der Waals surface area contributed by atoms with E-state index in [4.69, 9.17) is 0 Å². The summed E-state index contributed by atoms with van der Waals surface area (Å²) in [5.41, 5.74) is 3.20. The molecule has 0 aliphatic carbocycles. The molecule has 1 aliphatic rings. The van der Waals surface area contributed by atoms with Gasteiger partial charge in [0.1, 0.15) is 5.75 Å². The van der Waals surface area contributed by atoms with E-state index in [-0.39, 0.29) is 5.75 Å². The van der Waals surface area contributed by atoms with Gasteiger partial charge in [-0.3, -0.25) is 0 Å². The Bertz CT molecular complexity index is 800. The molecule has 0 amide bonds. The third-order valence-electron chi connectivity index (χ3n) is 4.45. The summed E-state index contributed by atoms with van der Waals surface area (Å²) < 4.78 is 37.6. The van der Waals surface area contributed by atoms with E-state index >= 15 is 0 Å². The minimum atomic E-state index is -4.98. The van der Waals surface area contributed by atoms with Gasteiger partial charge in [0.05, 0.1) is 0 Å². The Labute approximate surface area is 154 Å². The van der Waals surface area contributed by atoms with Crippen molar-refractivity contribution in [3.63, 3.8) is 0 Å². The second-order valence-electron chi connectivity index (χ2n) is 6.42. The van der Waals surface area contributed by atoms with E-state index in [0.29, 0.717) is 6.54 Å². The smallest absolute Gasteiger partial charge is 0.381 e. The standard InChI is InChI=1S/C19H23FN2O3S/c20-26(23,24)25-19-11-5-16(6-12-19)15-21-17-7-9-18(10-8-17)22-13-3-1-2-4-14-22/h5-12,21H,1-4,13-15H2. The minimum absolute atomic E-state index is 0.0435. The topological polar surface area (TPSA) is 58.6 Å². The monoisotopic (exact) mass is 378 g/mol. The van der Waals surface area contributed by atoms with E-state index in [1.165, 1.54) is 43.5 Å². The first-order chi connectivity index (χ1) is 12.5. The highest BCUT2D eigenvalue weighted by atomic mass is 32.3. The number of hydrogen-bond donors (Lipinski definition) is 1. The van der Waals surface area contributed by atoms with Gasteiger partial charge in [0.2, 0.25) is 0 Å². The van der Waals surface area contributed by atoms with Crippen molar-refractivity contribution in [1.29, 1.82) is 0 Å². The number of halogens is 1. The molecule has 2 aromatic rings. The first-order valence-corrected chi connectivity index (χ1v) is 10.1. The van der Waals surface area contributed by atoms with Gasteiger partial charge in [-0.2, -0.15) is 8.42 Å². The van der Waals surface area contributed by atoms with E-state index in [9.17, 15) is 12.3 Å². The van der Waals surface area contributed by atoms with Crippen LogP contribution in [0.3, 0.4) is 0 Å². The first kappa shape index (κ1) is 18.5. The molecule has 0 unspecified atom stereocenters. The maximum atomic E-state index is 12.5. The molecule has 0 radical (unpaired) electrons. The van der Waals surface area contributed by atoms with E-state index in [1.807, 2.05) is 0 Å². The Morgan fingerprint density at radius 2 is 1.54 bits per heavy atom. The van der Waals surface area contributed by atoms with Crippen molar-refractivity contribution in [2.24, 2.45) is 0 Å². The van der Waals surface area contributed by atoms with Crippen molar-refractivity contribution in [1.82, 2.24) is 0 Å². The van der Waals surface area contributed by atoms with Crippen LogP contribution >= 0.6 is 0 Å². The Morgan fingerprint density at radius 1 is 0.923 bits per heavy atom. The van der Waals surface area contributed by atoms with Gasteiger partial charge in [0, 0.05) is 31.0 Å². The fraction of sp³-hybridized carbons (Fsp3) is 0.368. The second-order valence-corrected chi connectivity index (χ2v) is 7.37. The van der Waals surface area contributed by atoms with Crippen LogP contribution in [0.1, 0.15) is 31.2 Å². The highest BCUT2D eigenvalue weighted by molar-refractivity contribution is 7.81. The molecule has 0 atom stereocenters. The predicted molar refractivity (Wildman–Crippen MR) is 102 cm³/mol. The number of benzene rings is 2. The maximum absolute atomic E-state index is 12.5. The molecule has 140 valence electrons. The largest absolute Gasteiger partial charge is 0.488 e. The minimum Gasteiger partial charge on any atom is -0.381 e. The molecule has 2 aromatic carbocycles. The summed E-state index contributed by atoms with van der Waals surface area (Å²) in [6, 6.07) is 14.6. The quantitative estimate of drug-likeness (QED) is 0.761. The highest BCUT2D eigenvalue weighted by Crippen LogP contribution is 2.22. The fourth-order valence-corrected chi connectivity index (χ4v) is 3.44. The zero-order chi connectivity index (χ0) is 18.4. The average Bonchev–Trinajstić information content (AvgIpc) is 2.90. The Hall–Kier alpha value is -2.28. The first-order valence-electron chi connectivity index (χ1n) is 8.81.